The minimum atomic E-state index is -4.18. The second-order valence-electron chi connectivity index (χ2n) is 12.0. The number of benzene rings is 1. The summed E-state index contributed by atoms with van der Waals surface area (Å²) in [4.78, 5) is 0. The SMILES string of the molecule is CC(C)CCCC(C)C/C=C/C1(C)CCc2cc(OC(C)(C)CC(C)(C)S(=O)(=O)O)ccc2O1. The molecule has 1 aromatic carbocycles. The fourth-order valence-corrected chi connectivity index (χ4v) is 5.26. The summed E-state index contributed by atoms with van der Waals surface area (Å²) in [5.74, 6) is 3.00. The van der Waals surface area contributed by atoms with Gasteiger partial charge in [0.05, 0.1) is 4.75 Å². The van der Waals surface area contributed by atoms with Gasteiger partial charge in [-0.2, -0.15) is 8.42 Å². The van der Waals surface area contributed by atoms with Crippen molar-refractivity contribution in [3.05, 3.63) is 35.9 Å². The molecule has 0 amide bonds. The number of fused-ring (bicyclic) bond motifs is 1. The van der Waals surface area contributed by atoms with Gasteiger partial charge >= 0.3 is 0 Å². The summed E-state index contributed by atoms with van der Waals surface area (Å²) < 4.78 is 44.1. The lowest BCUT2D eigenvalue weighted by molar-refractivity contribution is 0.0860. The van der Waals surface area contributed by atoms with Crippen LogP contribution in [0.5, 0.6) is 11.5 Å². The molecule has 0 fully saturated rings. The Hall–Kier alpha value is -1.53. The molecular formula is C28H46O5S. The van der Waals surface area contributed by atoms with E-state index in [2.05, 4.69) is 39.8 Å². The minimum Gasteiger partial charge on any atom is -0.488 e. The molecule has 0 aromatic heterocycles. The van der Waals surface area contributed by atoms with E-state index in [9.17, 15) is 13.0 Å². The number of ether oxygens (including phenoxy) is 2. The summed E-state index contributed by atoms with van der Waals surface area (Å²) >= 11 is 0. The lowest BCUT2D eigenvalue weighted by Crippen LogP contribution is -2.42. The third-order valence-electron chi connectivity index (χ3n) is 6.70. The Bertz CT molecular complexity index is 946. The van der Waals surface area contributed by atoms with Crippen molar-refractivity contribution < 1.29 is 22.4 Å². The van der Waals surface area contributed by atoms with Crippen LogP contribution in [-0.2, 0) is 16.5 Å². The molecule has 2 unspecified atom stereocenters. The first-order valence-electron chi connectivity index (χ1n) is 12.7. The van der Waals surface area contributed by atoms with Crippen molar-refractivity contribution in [2.45, 2.75) is 116 Å². The molecule has 0 aliphatic carbocycles. The maximum atomic E-state index is 11.7. The van der Waals surface area contributed by atoms with Crippen LogP contribution in [0, 0.1) is 11.8 Å². The zero-order chi connectivity index (χ0) is 25.8. The van der Waals surface area contributed by atoms with Crippen LogP contribution in [0.25, 0.3) is 0 Å². The van der Waals surface area contributed by atoms with E-state index in [1.165, 1.54) is 33.1 Å². The van der Waals surface area contributed by atoms with E-state index in [1.807, 2.05) is 32.0 Å². The molecular weight excluding hydrogens is 448 g/mol. The maximum absolute atomic E-state index is 11.7. The van der Waals surface area contributed by atoms with E-state index < -0.39 is 20.5 Å². The molecule has 5 nitrogen and oxygen atoms in total. The smallest absolute Gasteiger partial charge is 0.270 e. The summed E-state index contributed by atoms with van der Waals surface area (Å²) in [5, 5.41) is 0. The highest BCUT2D eigenvalue weighted by Crippen LogP contribution is 2.38. The van der Waals surface area contributed by atoms with Crippen LogP contribution in [0.2, 0.25) is 0 Å². The van der Waals surface area contributed by atoms with Gasteiger partial charge in [0.1, 0.15) is 22.7 Å². The lowest BCUT2D eigenvalue weighted by Gasteiger charge is -2.35. The van der Waals surface area contributed by atoms with Gasteiger partial charge in [0, 0.05) is 6.42 Å². The van der Waals surface area contributed by atoms with Gasteiger partial charge in [0.25, 0.3) is 10.1 Å². The standard InChI is InChI=1S/C28H46O5S/c1-21(2)11-9-12-22(3)13-10-17-28(8)18-16-23-19-24(14-15-25(23)33-28)32-26(4,5)20-27(6,7)34(29,30)31/h10,14-15,17,19,21-22H,9,11-13,16,18,20H2,1-8H3,(H,29,30,31)/b17-10+. The van der Waals surface area contributed by atoms with E-state index in [0.29, 0.717) is 11.7 Å². The molecule has 34 heavy (non-hydrogen) atoms. The van der Waals surface area contributed by atoms with Crippen LogP contribution in [-0.4, -0.2) is 28.9 Å². The van der Waals surface area contributed by atoms with Crippen molar-refractivity contribution in [3.63, 3.8) is 0 Å². The Kier molecular flexibility index (Phi) is 9.31. The first kappa shape index (κ1) is 28.7. The van der Waals surface area contributed by atoms with Gasteiger partial charge in [-0.15, -0.1) is 0 Å². The predicted molar refractivity (Wildman–Crippen MR) is 140 cm³/mol. The van der Waals surface area contributed by atoms with Crippen molar-refractivity contribution in [1.82, 2.24) is 0 Å². The van der Waals surface area contributed by atoms with Crippen molar-refractivity contribution >= 4 is 10.1 Å². The molecule has 0 bridgehead atoms. The highest BCUT2D eigenvalue weighted by atomic mass is 32.2. The fraction of sp³-hybridized carbons (Fsp3) is 0.714. The van der Waals surface area contributed by atoms with Crippen LogP contribution < -0.4 is 9.47 Å². The van der Waals surface area contributed by atoms with Crippen molar-refractivity contribution in [2.75, 3.05) is 0 Å². The predicted octanol–water partition coefficient (Wildman–Crippen LogP) is 7.39. The third kappa shape index (κ3) is 8.60. The van der Waals surface area contributed by atoms with Gasteiger partial charge < -0.3 is 9.47 Å². The minimum absolute atomic E-state index is 0.158. The van der Waals surface area contributed by atoms with Crippen LogP contribution >= 0.6 is 0 Å². The number of hydrogen-bond donors (Lipinski definition) is 1. The molecule has 1 heterocycles. The highest BCUT2D eigenvalue weighted by molar-refractivity contribution is 7.87. The Morgan fingerprint density at radius 2 is 1.85 bits per heavy atom. The second-order valence-corrected chi connectivity index (χ2v) is 14.1. The van der Waals surface area contributed by atoms with Crippen molar-refractivity contribution in [2.24, 2.45) is 11.8 Å². The average Bonchev–Trinajstić information content (AvgIpc) is 2.65. The van der Waals surface area contributed by atoms with Gasteiger partial charge in [-0.1, -0.05) is 46.1 Å². The molecule has 1 aromatic rings. The molecule has 1 N–H and O–H groups in total. The average molecular weight is 495 g/mol. The normalized spacial score (nSPS) is 20.3. The molecule has 0 radical (unpaired) electrons. The number of aryl methyl sites for hydroxylation is 1. The van der Waals surface area contributed by atoms with Gasteiger partial charge in [-0.05, 0) is 95.6 Å². The first-order chi connectivity index (χ1) is 15.5. The van der Waals surface area contributed by atoms with Crippen LogP contribution in [0.1, 0.15) is 99.5 Å². The summed E-state index contributed by atoms with van der Waals surface area (Å²) in [6, 6.07) is 5.79. The van der Waals surface area contributed by atoms with E-state index in [4.69, 9.17) is 9.47 Å². The topological polar surface area (TPSA) is 72.8 Å². The molecule has 0 spiro atoms. The highest BCUT2D eigenvalue weighted by Gasteiger charge is 2.40. The number of allylic oxidation sites excluding steroid dienone is 1. The van der Waals surface area contributed by atoms with Crippen molar-refractivity contribution in [1.29, 1.82) is 0 Å². The monoisotopic (exact) mass is 494 g/mol. The van der Waals surface area contributed by atoms with Crippen LogP contribution in [0.3, 0.4) is 0 Å². The Morgan fingerprint density at radius 1 is 1.18 bits per heavy atom. The fourth-order valence-electron chi connectivity index (χ4n) is 4.73. The molecule has 1 aliphatic heterocycles. The second kappa shape index (κ2) is 11.0. The first-order valence-corrected chi connectivity index (χ1v) is 14.1. The van der Waals surface area contributed by atoms with E-state index in [0.717, 1.165) is 36.5 Å². The van der Waals surface area contributed by atoms with Gasteiger partial charge in [-0.3, -0.25) is 4.55 Å². The van der Waals surface area contributed by atoms with Crippen LogP contribution in [0.4, 0.5) is 0 Å². The summed E-state index contributed by atoms with van der Waals surface area (Å²) in [7, 11) is -4.18. The molecule has 2 atom stereocenters. The zero-order valence-electron chi connectivity index (χ0n) is 22.5. The van der Waals surface area contributed by atoms with Crippen molar-refractivity contribution in [3.8, 4) is 11.5 Å². The van der Waals surface area contributed by atoms with Gasteiger partial charge in [0.2, 0.25) is 0 Å². The zero-order valence-corrected chi connectivity index (χ0v) is 23.3. The Morgan fingerprint density at radius 3 is 2.47 bits per heavy atom. The molecule has 194 valence electrons. The summed E-state index contributed by atoms with van der Waals surface area (Å²) in [6.07, 6.45) is 11.4. The van der Waals surface area contributed by atoms with E-state index in [-0.39, 0.29) is 12.0 Å². The maximum Gasteiger partial charge on any atom is 0.270 e. The summed E-state index contributed by atoms with van der Waals surface area (Å²) in [5.41, 5.74) is 0.00751. The van der Waals surface area contributed by atoms with Gasteiger partial charge in [0.15, 0.2) is 0 Å². The third-order valence-corrected chi connectivity index (χ3v) is 8.24. The lowest BCUT2D eigenvalue weighted by atomic mass is 9.90. The summed E-state index contributed by atoms with van der Waals surface area (Å²) in [6.45, 7) is 15.7. The van der Waals surface area contributed by atoms with Gasteiger partial charge in [-0.25, -0.2) is 0 Å². The molecule has 2 rings (SSSR count). The van der Waals surface area contributed by atoms with E-state index >= 15 is 0 Å². The molecule has 6 heteroatoms. The van der Waals surface area contributed by atoms with E-state index in [1.54, 1.807) is 0 Å². The Balaban J connectivity index is 1.98. The Labute approximate surface area is 208 Å². The molecule has 0 saturated heterocycles. The number of hydrogen-bond acceptors (Lipinski definition) is 4. The molecule has 0 saturated carbocycles. The largest absolute Gasteiger partial charge is 0.488 e. The quantitative estimate of drug-likeness (QED) is 0.242. The molecule has 1 aliphatic rings. The van der Waals surface area contributed by atoms with Crippen LogP contribution in [0.15, 0.2) is 30.4 Å². The number of rotatable bonds is 12.